The Bertz CT molecular complexity index is 3470. The fraction of sp³-hybridized carbons (Fsp3) is 0.531. The summed E-state index contributed by atoms with van der Waals surface area (Å²) >= 11 is 0. The lowest BCUT2D eigenvalue weighted by atomic mass is 10.1. The summed E-state index contributed by atoms with van der Waals surface area (Å²) in [7, 11) is -20.9. The number of nitrogens with two attached hydrogens (primary N) is 3. The van der Waals surface area contributed by atoms with E-state index in [1.54, 1.807) is 0 Å². The van der Waals surface area contributed by atoms with Gasteiger partial charge in [-0.25, -0.2) is 42.8 Å². The van der Waals surface area contributed by atoms with E-state index < -0.39 is 136 Å². The molecule has 7 unspecified atom stereocenters. The van der Waals surface area contributed by atoms with Gasteiger partial charge in [0.05, 0.1) is 39.5 Å². The van der Waals surface area contributed by atoms with E-state index in [2.05, 4.69) is 53.0 Å². The number of aromatic nitrogens is 12. The molecule has 16 N–H and O–H groups in total. The Labute approximate surface area is 414 Å². The zero-order valence-corrected chi connectivity index (χ0v) is 41.5. The molecule has 3 saturated heterocycles. The van der Waals surface area contributed by atoms with Gasteiger partial charge in [-0.2, -0.15) is 13.6 Å². The van der Waals surface area contributed by atoms with Crippen LogP contribution >= 0.6 is 31.3 Å². The third-order valence-electron chi connectivity index (χ3n) is 11.6. The predicted molar refractivity (Wildman–Crippen MR) is 239 cm³/mol. The molecule has 410 valence electrons. The molecular weight excluding hydrogens is 1100 g/mol. The lowest BCUT2D eigenvalue weighted by molar-refractivity contribution is -0.745. The van der Waals surface area contributed by atoms with Crippen molar-refractivity contribution in [3.05, 3.63) is 46.0 Å². The second-order valence-electron chi connectivity index (χ2n) is 16.5. The quantitative estimate of drug-likeness (QED) is 0.0268. The molecule has 3 fully saturated rings. The summed E-state index contributed by atoms with van der Waals surface area (Å²) in [6.45, 7) is -3.40. The Balaban J connectivity index is 0.862. The van der Waals surface area contributed by atoms with Gasteiger partial charge in [0.25, 0.3) is 17.1 Å². The number of H-pyrrole nitrogens is 2. The highest BCUT2D eigenvalue weighted by atomic mass is 31.3. The lowest BCUT2D eigenvalue weighted by Crippen LogP contribution is -2.46. The summed E-state index contributed by atoms with van der Waals surface area (Å²) in [5.74, 6) is -0.716. The van der Waals surface area contributed by atoms with E-state index in [4.69, 9.17) is 49.7 Å². The number of ether oxygens (including phenoxy) is 4. The number of fused-ring (bicyclic) bond motifs is 3. The molecule has 16 atom stereocenters. The molecule has 0 saturated carbocycles. The number of nitrogens with zero attached hydrogens (tertiary/aromatic N) is 10. The highest BCUT2D eigenvalue weighted by molar-refractivity contribution is 7.66. The number of nitrogen functional groups attached to an aromatic ring is 3. The molecule has 0 radical (unpaired) electrons. The SMILES string of the molecule is COC1[C@@H](OP(=O)(O)OC[C@H]2O[C@@H](n3cnc4c(=O)[nH]c(N)nc43)C(O)[C@H]2O)[C@@H](COP(=O)(O)OP(=O)(O)OP(=O)(O)OC[C@@H]2O[C@H]([n+]3cn(C)c4c(=O)[nH]c(N)nc43)[C@H](O)C2O)O[C@H]1n1cnc2c(N)ncnc21. The van der Waals surface area contributed by atoms with Gasteiger partial charge in [0.1, 0.15) is 66.8 Å². The van der Waals surface area contributed by atoms with Gasteiger partial charge in [0.15, 0.2) is 41.4 Å². The van der Waals surface area contributed by atoms with Crippen molar-refractivity contribution in [2.75, 3.05) is 44.1 Å². The van der Waals surface area contributed by atoms with Gasteiger partial charge >= 0.3 is 36.9 Å². The Kier molecular flexibility index (Phi) is 14.8. The third kappa shape index (κ3) is 10.9. The first-order valence-electron chi connectivity index (χ1n) is 21.2. The van der Waals surface area contributed by atoms with Gasteiger partial charge in [0.2, 0.25) is 17.7 Å². The molecule has 0 amide bonds. The molecule has 0 spiro atoms. The van der Waals surface area contributed by atoms with Crippen molar-refractivity contribution in [1.82, 2.24) is 53.6 Å². The van der Waals surface area contributed by atoms with E-state index in [-0.39, 0.29) is 51.2 Å². The third-order valence-corrected chi connectivity index (χ3v) is 16.8. The van der Waals surface area contributed by atoms with Crippen LogP contribution in [-0.4, -0.2) is 175 Å². The van der Waals surface area contributed by atoms with Gasteiger partial charge in [-0.15, -0.1) is 0 Å². The monoisotopic (exact) mass is 1150 g/mol. The van der Waals surface area contributed by atoms with Crippen LogP contribution in [0.25, 0.3) is 33.5 Å². The zero-order valence-electron chi connectivity index (χ0n) is 38.0. The molecule has 43 heteroatoms. The normalized spacial score (nSPS) is 30.5. The molecule has 3 aliphatic heterocycles. The summed E-state index contributed by atoms with van der Waals surface area (Å²) in [6, 6.07) is 0. The smallest absolute Gasteiger partial charge is 0.387 e. The molecular formula is C32H44N15O24P4+. The van der Waals surface area contributed by atoms with Crippen LogP contribution in [0.4, 0.5) is 17.7 Å². The lowest BCUT2D eigenvalue weighted by Gasteiger charge is -2.26. The number of phosphoric acid groups is 4. The second kappa shape index (κ2) is 20.3. The average molecular weight is 1150 g/mol. The van der Waals surface area contributed by atoms with Crippen molar-refractivity contribution >= 4 is 82.5 Å². The maximum atomic E-state index is 13.7. The predicted octanol–water partition coefficient (Wildman–Crippen LogP) is -4.71. The number of methoxy groups -OCH3 is 1. The number of phosphoric ester groups is 3. The molecule has 0 aliphatic carbocycles. The second-order valence-corrected chi connectivity index (χ2v) is 22.5. The van der Waals surface area contributed by atoms with Gasteiger partial charge in [-0.1, -0.05) is 4.98 Å². The summed E-state index contributed by atoms with van der Waals surface area (Å²) in [5.41, 5.74) is 15.4. The number of hydrogen-bond acceptors (Lipinski definition) is 29. The zero-order chi connectivity index (χ0) is 54.3. The topological polar surface area (TPSA) is 562 Å². The standard InChI is InChI=1S/C32H43N15O24P4/c1-44-9-47(25-15(44)27(53)43-32(35)41-25)29-19(51)17(49)11(67-29)4-64-73(56,57)70-75(60,61)71-74(58,59)65-5-12-20(21(62-2)30(68-12)45-7-38-13-22(33)36-6-37-23(13)45)69-72(54,55)63-3-10-16(48)18(50)28(66-10)46-8-39-14-24(46)40-31(34)42-26(14)52/h6-12,16-21,28-30,48-51H,3-5H2,1-2H3,(H11-,33,34,35,36,37,40,41,42,43,52,53,54,55,56,57,58,59,60,61)/p+1/t10-,11+,12-,16+,17?,18?,19-,20+,21?,28-,29+,30-/m1/s1. The molecule has 0 aromatic carbocycles. The first-order chi connectivity index (χ1) is 35.2. The first-order valence-corrected chi connectivity index (χ1v) is 27.1. The summed E-state index contributed by atoms with van der Waals surface area (Å²) in [4.78, 5) is 95.6. The number of imidazole rings is 3. The van der Waals surface area contributed by atoms with Crippen LogP contribution in [0.5, 0.6) is 0 Å². The van der Waals surface area contributed by atoms with Crippen molar-refractivity contribution in [3.8, 4) is 0 Å². The Morgan fingerprint density at radius 1 is 0.667 bits per heavy atom. The highest BCUT2D eigenvalue weighted by Gasteiger charge is 2.54. The Morgan fingerprint density at radius 3 is 1.89 bits per heavy atom. The van der Waals surface area contributed by atoms with E-state index in [0.29, 0.717) is 0 Å². The number of aromatic amines is 2. The number of aliphatic hydroxyl groups excluding tert-OH is 4. The minimum absolute atomic E-state index is 0.00606. The first kappa shape index (κ1) is 54.6. The Hall–Kier alpha value is -5.15. The summed E-state index contributed by atoms with van der Waals surface area (Å²) in [6.07, 6.45) is -15.8. The van der Waals surface area contributed by atoms with Crippen LogP contribution < -0.4 is 32.9 Å². The summed E-state index contributed by atoms with van der Waals surface area (Å²) < 4.78 is 109. The molecule has 6 aromatic heterocycles. The van der Waals surface area contributed by atoms with Crippen LogP contribution in [0.2, 0.25) is 0 Å². The van der Waals surface area contributed by atoms with Crippen LogP contribution in [0.3, 0.4) is 0 Å². The van der Waals surface area contributed by atoms with Gasteiger partial charge in [-0.05, 0) is 0 Å². The number of rotatable bonds is 19. The van der Waals surface area contributed by atoms with Crippen LogP contribution in [0.1, 0.15) is 18.7 Å². The van der Waals surface area contributed by atoms with Crippen LogP contribution in [-0.2, 0) is 71.0 Å². The van der Waals surface area contributed by atoms with Gasteiger partial charge < -0.3 is 76.1 Å². The van der Waals surface area contributed by atoms with E-state index in [1.165, 1.54) is 22.5 Å². The Morgan fingerprint density at radius 2 is 1.23 bits per heavy atom. The molecule has 39 nitrogen and oxygen atoms in total. The number of anilines is 3. The molecule has 9 heterocycles. The van der Waals surface area contributed by atoms with E-state index in [1.807, 2.05) is 0 Å². The van der Waals surface area contributed by atoms with Crippen LogP contribution in [0, 0.1) is 0 Å². The van der Waals surface area contributed by atoms with Gasteiger partial charge in [-0.3, -0.25) is 51.4 Å². The minimum atomic E-state index is -6.20. The molecule has 0 bridgehead atoms. The van der Waals surface area contributed by atoms with E-state index in [9.17, 15) is 67.8 Å². The number of nitrogens with one attached hydrogen (secondary N) is 2. The largest absolute Gasteiger partial charge is 0.490 e. The maximum Gasteiger partial charge on any atom is 0.490 e. The van der Waals surface area contributed by atoms with Crippen molar-refractivity contribution in [3.63, 3.8) is 0 Å². The van der Waals surface area contributed by atoms with E-state index >= 15 is 0 Å². The number of aliphatic hydroxyl groups is 4. The van der Waals surface area contributed by atoms with Crippen molar-refractivity contribution < 1.29 is 108 Å². The fourth-order valence-corrected chi connectivity index (χ4v) is 12.8. The molecule has 3 aliphatic rings. The maximum absolute atomic E-state index is 13.7. The molecule has 75 heavy (non-hydrogen) atoms. The number of aryl methyl sites for hydroxylation is 1. The minimum Gasteiger partial charge on any atom is -0.387 e. The molecule has 9 rings (SSSR count). The van der Waals surface area contributed by atoms with Gasteiger partial charge in [0, 0.05) is 7.11 Å². The van der Waals surface area contributed by atoms with Crippen molar-refractivity contribution in [2.45, 2.75) is 73.6 Å². The number of hydrogen-bond donors (Lipinski definition) is 13. The van der Waals surface area contributed by atoms with Crippen molar-refractivity contribution in [2.24, 2.45) is 7.05 Å². The average Bonchev–Trinajstić information content (AvgIpc) is 4.17. The highest BCUT2D eigenvalue weighted by Crippen LogP contribution is 2.68. The fourth-order valence-electron chi connectivity index (χ4n) is 8.29. The van der Waals surface area contributed by atoms with E-state index in [0.717, 1.165) is 35.2 Å². The van der Waals surface area contributed by atoms with Crippen LogP contribution in [0.15, 0.2) is 34.9 Å². The summed E-state index contributed by atoms with van der Waals surface area (Å²) in [5, 5.41) is 43.2. The molecule has 6 aromatic rings. The van der Waals surface area contributed by atoms with Crippen molar-refractivity contribution in [1.29, 1.82) is 0 Å².